The monoisotopic (exact) mass is 262 g/mol. The molecule has 3 aliphatic carbocycles. The van der Waals surface area contributed by atoms with E-state index in [0.717, 1.165) is 23.6 Å². The summed E-state index contributed by atoms with van der Waals surface area (Å²) < 4.78 is 0. The zero-order valence-corrected chi connectivity index (χ0v) is 11.8. The molecule has 5 atom stereocenters. The van der Waals surface area contributed by atoms with Gasteiger partial charge in [-0.2, -0.15) is 0 Å². The van der Waals surface area contributed by atoms with E-state index in [0.29, 0.717) is 12.0 Å². The lowest BCUT2D eigenvalue weighted by molar-refractivity contribution is 0.0305. The molecule has 19 heavy (non-hydrogen) atoms. The second-order valence-corrected chi connectivity index (χ2v) is 7.23. The molecule has 106 valence electrons. The van der Waals surface area contributed by atoms with Crippen molar-refractivity contribution in [2.24, 2.45) is 22.9 Å². The molecule has 1 N–H and O–H groups in total. The van der Waals surface area contributed by atoms with E-state index >= 15 is 0 Å². The van der Waals surface area contributed by atoms with E-state index in [1.54, 1.807) is 0 Å². The van der Waals surface area contributed by atoms with Gasteiger partial charge in [0.05, 0.1) is 11.8 Å². The van der Waals surface area contributed by atoms with Gasteiger partial charge in [0.1, 0.15) is 0 Å². The Morgan fingerprint density at radius 1 is 0.947 bits per heavy atom. The van der Waals surface area contributed by atoms with Gasteiger partial charge in [-0.25, -0.2) is 0 Å². The molecule has 4 fully saturated rings. The molecule has 0 aromatic rings. The van der Waals surface area contributed by atoms with E-state index in [9.17, 15) is 5.21 Å². The lowest BCUT2D eigenvalue weighted by atomic mass is 9.76. The Balaban J connectivity index is 1.60. The van der Waals surface area contributed by atoms with Gasteiger partial charge in [-0.05, 0) is 63.3 Å². The Kier molecular flexibility index (Phi) is 3.06. The van der Waals surface area contributed by atoms with E-state index in [2.05, 4.69) is 10.1 Å². The zero-order valence-electron chi connectivity index (χ0n) is 11.8. The van der Waals surface area contributed by atoms with Crippen LogP contribution in [0, 0.1) is 17.8 Å². The highest BCUT2D eigenvalue weighted by molar-refractivity contribution is 5.94. The number of oxime groups is 1. The Labute approximate surface area is 116 Å². The fraction of sp³-hybridized carbons (Fsp3) is 0.938. The van der Waals surface area contributed by atoms with Crippen LogP contribution in [0.1, 0.15) is 57.8 Å². The molecule has 2 bridgehead atoms. The average molecular weight is 262 g/mol. The molecule has 4 rings (SSSR count). The normalized spacial score (nSPS) is 48.6. The summed E-state index contributed by atoms with van der Waals surface area (Å²) in [4.78, 5) is 2.77. The van der Waals surface area contributed by atoms with Gasteiger partial charge >= 0.3 is 0 Å². The maximum absolute atomic E-state index is 9.45. The maximum atomic E-state index is 9.45. The van der Waals surface area contributed by atoms with Crippen LogP contribution in [0.25, 0.3) is 0 Å². The van der Waals surface area contributed by atoms with E-state index in [-0.39, 0.29) is 0 Å². The Morgan fingerprint density at radius 2 is 1.79 bits per heavy atom. The fourth-order valence-corrected chi connectivity index (χ4v) is 5.64. The second-order valence-electron chi connectivity index (χ2n) is 7.23. The molecule has 4 aliphatic rings. The van der Waals surface area contributed by atoms with Crippen LogP contribution in [0.4, 0.5) is 0 Å². The maximum Gasteiger partial charge on any atom is 0.0775 e. The van der Waals surface area contributed by atoms with Crippen molar-refractivity contribution in [1.82, 2.24) is 4.90 Å². The Hall–Kier alpha value is -0.570. The first kappa shape index (κ1) is 12.2. The van der Waals surface area contributed by atoms with Crippen LogP contribution in [-0.4, -0.2) is 34.4 Å². The summed E-state index contributed by atoms with van der Waals surface area (Å²) in [5.74, 6) is 2.32. The molecule has 3 saturated carbocycles. The van der Waals surface area contributed by atoms with E-state index in [1.807, 2.05) is 0 Å². The minimum absolute atomic E-state index is 0.495. The van der Waals surface area contributed by atoms with Gasteiger partial charge in [0, 0.05) is 12.0 Å². The summed E-state index contributed by atoms with van der Waals surface area (Å²) in [7, 11) is 0. The van der Waals surface area contributed by atoms with Crippen molar-refractivity contribution >= 4 is 5.71 Å². The number of rotatable bonds is 1. The van der Waals surface area contributed by atoms with Crippen molar-refractivity contribution in [1.29, 1.82) is 0 Å². The SMILES string of the molecule is O/N=C1/[C@H]2CC[C@@H](C2)[C@@H]1N1CCC[C@@H]2CCCC[C@@H]21. The molecule has 0 radical (unpaired) electrons. The molecular formula is C16H26N2O. The molecule has 3 heteroatoms. The highest BCUT2D eigenvalue weighted by Gasteiger charge is 2.50. The van der Waals surface area contributed by atoms with Gasteiger partial charge in [0.25, 0.3) is 0 Å². The molecule has 0 unspecified atom stereocenters. The lowest BCUT2D eigenvalue weighted by Crippen LogP contribution is -2.55. The standard InChI is InChI=1S/C16H26N2O/c19-17-15-12-7-8-13(10-12)16(15)18-9-3-5-11-4-1-2-6-14(11)18/h11-14,16,19H,1-10H2/b17-15-/t11-,12-,13-,14-,16-/m0/s1. The summed E-state index contributed by atoms with van der Waals surface area (Å²) in [5.41, 5.74) is 1.14. The first-order valence-corrected chi connectivity index (χ1v) is 8.36. The largest absolute Gasteiger partial charge is 0.411 e. The van der Waals surface area contributed by atoms with Crippen molar-refractivity contribution in [3.05, 3.63) is 0 Å². The quantitative estimate of drug-likeness (QED) is 0.581. The van der Waals surface area contributed by atoms with Crippen molar-refractivity contribution in [3.8, 4) is 0 Å². The van der Waals surface area contributed by atoms with E-state index in [4.69, 9.17) is 0 Å². The molecule has 0 aromatic carbocycles. The third-order valence-corrected chi connectivity index (χ3v) is 6.40. The van der Waals surface area contributed by atoms with Crippen LogP contribution in [0.5, 0.6) is 0 Å². The fourth-order valence-electron chi connectivity index (χ4n) is 5.64. The molecule has 1 saturated heterocycles. The van der Waals surface area contributed by atoms with Crippen LogP contribution in [0.2, 0.25) is 0 Å². The molecule has 1 heterocycles. The highest BCUT2D eigenvalue weighted by Crippen LogP contribution is 2.48. The number of piperidine rings is 1. The smallest absolute Gasteiger partial charge is 0.0775 e. The number of likely N-dealkylation sites (tertiary alicyclic amines) is 1. The van der Waals surface area contributed by atoms with Crippen LogP contribution >= 0.6 is 0 Å². The number of hydrogen-bond acceptors (Lipinski definition) is 3. The molecule has 0 aromatic heterocycles. The molecule has 0 spiro atoms. The van der Waals surface area contributed by atoms with E-state index in [1.165, 1.54) is 64.3 Å². The molecule has 1 aliphatic heterocycles. The predicted octanol–water partition coefficient (Wildman–Crippen LogP) is 3.27. The topological polar surface area (TPSA) is 35.8 Å². The van der Waals surface area contributed by atoms with Crippen molar-refractivity contribution < 1.29 is 5.21 Å². The molecular weight excluding hydrogens is 236 g/mol. The summed E-state index contributed by atoms with van der Waals surface area (Å²) in [6.07, 6.45) is 12.4. The first-order valence-electron chi connectivity index (χ1n) is 8.36. The van der Waals surface area contributed by atoms with Crippen LogP contribution in [0.3, 0.4) is 0 Å². The van der Waals surface area contributed by atoms with Gasteiger partial charge in [-0.15, -0.1) is 0 Å². The first-order chi connectivity index (χ1) is 9.38. The lowest BCUT2D eigenvalue weighted by Gasteiger charge is -2.48. The zero-order chi connectivity index (χ0) is 12.8. The van der Waals surface area contributed by atoms with Gasteiger partial charge in [-0.3, -0.25) is 4.90 Å². The number of fused-ring (bicyclic) bond motifs is 3. The summed E-state index contributed by atoms with van der Waals surface area (Å²) in [6.45, 7) is 1.24. The van der Waals surface area contributed by atoms with Crippen LogP contribution in [-0.2, 0) is 0 Å². The van der Waals surface area contributed by atoms with Crippen LogP contribution < -0.4 is 0 Å². The van der Waals surface area contributed by atoms with Gasteiger partial charge in [0.15, 0.2) is 0 Å². The highest BCUT2D eigenvalue weighted by atomic mass is 16.4. The van der Waals surface area contributed by atoms with Gasteiger partial charge in [0.2, 0.25) is 0 Å². The third-order valence-electron chi connectivity index (χ3n) is 6.40. The number of nitrogens with zero attached hydrogens (tertiary/aromatic N) is 2. The summed E-state index contributed by atoms with van der Waals surface area (Å²) in [6, 6.07) is 1.29. The third kappa shape index (κ3) is 1.84. The Morgan fingerprint density at radius 3 is 2.68 bits per heavy atom. The minimum Gasteiger partial charge on any atom is -0.411 e. The van der Waals surface area contributed by atoms with Gasteiger partial charge in [-0.1, -0.05) is 18.0 Å². The van der Waals surface area contributed by atoms with Gasteiger partial charge < -0.3 is 5.21 Å². The van der Waals surface area contributed by atoms with Crippen molar-refractivity contribution in [3.63, 3.8) is 0 Å². The molecule has 3 nitrogen and oxygen atoms in total. The van der Waals surface area contributed by atoms with Crippen LogP contribution in [0.15, 0.2) is 5.16 Å². The second kappa shape index (κ2) is 4.76. The average Bonchev–Trinajstić information content (AvgIpc) is 3.07. The minimum atomic E-state index is 0.495. The Bertz CT molecular complexity index is 379. The summed E-state index contributed by atoms with van der Waals surface area (Å²) >= 11 is 0. The van der Waals surface area contributed by atoms with Crippen molar-refractivity contribution in [2.45, 2.75) is 69.9 Å². The number of hydrogen-bond donors (Lipinski definition) is 1. The van der Waals surface area contributed by atoms with E-state index < -0.39 is 0 Å². The summed E-state index contributed by atoms with van der Waals surface area (Å²) in [5, 5.41) is 13.2. The van der Waals surface area contributed by atoms with Crippen molar-refractivity contribution in [2.75, 3.05) is 6.54 Å². The molecule has 0 amide bonds. The predicted molar refractivity (Wildman–Crippen MR) is 75.5 cm³/mol.